The average molecular weight is 366 g/mol. The van der Waals surface area contributed by atoms with Crippen molar-refractivity contribution in [2.24, 2.45) is 5.92 Å². The van der Waals surface area contributed by atoms with Gasteiger partial charge in [0.25, 0.3) is 6.01 Å². The van der Waals surface area contributed by atoms with Crippen LogP contribution >= 0.6 is 11.6 Å². The minimum Gasteiger partial charge on any atom is -0.423 e. The van der Waals surface area contributed by atoms with E-state index in [-0.39, 0.29) is 24.5 Å². The van der Waals surface area contributed by atoms with Crippen molar-refractivity contribution < 1.29 is 19.1 Å². The largest absolute Gasteiger partial charge is 0.423 e. The molecule has 8 heteroatoms. The molecule has 1 aromatic heterocycles. The topological polar surface area (TPSA) is 87.8 Å². The lowest BCUT2D eigenvalue weighted by atomic mass is 9.95. The summed E-state index contributed by atoms with van der Waals surface area (Å²) in [7, 11) is 0. The SMILES string of the molecule is O=C(N[C@H]1COC[C@H]1O)C1CCN(c2nc3ccc(Cl)cc3o2)CC1. The van der Waals surface area contributed by atoms with Crippen molar-refractivity contribution in [3.8, 4) is 0 Å². The summed E-state index contributed by atoms with van der Waals surface area (Å²) >= 11 is 5.98. The van der Waals surface area contributed by atoms with Crippen LogP contribution in [0.25, 0.3) is 11.1 Å². The first-order valence-electron chi connectivity index (χ1n) is 8.47. The predicted octanol–water partition coefficient (Wildman–Crippen LogP) is 1.57. The summed E-state index contributed by atoms with van der Waals surface area (Å²) in [4.78, 5) is 18.9. The molecule has 25 heavy (non-hydrogen) atoms. The minimum absolute atomic E-state index is 0.0152. The predicted molar refractivity (Wildman–Crippen MR) is 92.7 cm³/mol. The zero-order valence-corrected chi connectivity index (χ0v) is 14.4. The third-order valence-corrected chi connectivity index (χ3v) is 5.09. The molecule has 2 aliphatic rings. The van der Waals surface area contributed by atoms with E-state index in [1.165, 1.54) is 0 Å². The first-order valence-corrected chi connectivity index (χ1v) is 8.85. The van der Waals surface area contributed by atoms with Gasteiger partial charge in [0.15, 0.2) is 5.58 Å². The lowest BCUT2D eigenvalue weighted by Crippen LogP contribution is -2.47. The standard InChI is InChI=1S/C17H20ClN3O4/c18-11-1-2-12-15(7-11)25-17(20-12)21-5-3-10(4-6-21)16(23)19-13-8-24-9-14(13)22/h1-2,7,10,13-14,22H,3-6,8-9H2,(H,19,23)/t13-,14+/m0/s1. The van der Waals surface area contributed by atoms with Gasteiger partial charge in [0, 0.05) is 30.1 Å². The number of halogens is 1. The summed E-state index contributed by atoms with van der Waals surface area (Å²) in [6.45, 7) is 2.05. The number of fused-ring (bicyclic) bond motifs is 1. The number of nitrogens with one attached hydrogen (secondary N) is 1. The van der Waals surface area contributed by atoms with E-state index >= 15 is 0 Å². The van der Waals surface area contributed by atoms with Crippen LogP contribution in [0.4, 0.5) is 6.01 Å². The van der Waals surface area contributed by atoms with Crippen molar-refractivity contribution in [1.29, 1.82) is 0 Å². The van der Waals surface area contributed by atoms with Crippen molar-refractivity contribution in [3.05, 3.63) is 23.2 Å². The molecule has 1 amide bonds. The van der Waals surface area contributed by atoms with Crippen LogP contribution < -0.4 is 10.2 Å². The second kappa shape index (κ2) is 6.82. The van der Waals surface area contributed by atoms with Gasteiger partial charge < -0.3 is 24.5 Å². The highest BCUT2D eigenvalue weighted by Crippen LogP contribution is 2.28. The number of ether oxygens (including phenoxy) is 1. The summed E-state index contributed by atoms with van der Waals surface area (Å²) in [5.74, 6) is -0.0820. The number of piperidine rings is 1. The Morgan fingerprint density at radius 1 is 1.32 bits per heavy atom. The number of hydrogen-bond donors (Lipinski definition) is 2. The van der Waals surface area contributed by atoms with Gasteiger partial charge in [-0.2, -0.15) is 4.98 Å². The number of aliphatic hydroxyl groups is 1. The van der Waals surface area contributed by atoms with Gasteiger partial charge in [-0.1, -0.05) is 11.6 Å². The summed E-state index contributed by atoms with van der Waals surface area (Å²) in [6.07, 6.45) is 0.819. The highest BCUT2D eigenvalue weighted by atomic mass is 35.5. The fourth-order valence-electron chi connectivity index (χ4n) is 3.34. The molecule has 0 aliphatic carbocycles. The first kappa shape index (κ1) is 16.6. The number of benzene rings is 1. The molecule has 1 aromatic carbocycles. The summed E-state index contributed by atoms with van der Waals surface area (Å²) in [5.41, 5.74) is 1.44. The lowest BCUT2D eigenvalue weighted by Gasteiger charge is -2.30. The molecule has 2 saturated heterocycles. The van der Waals surface area contributed by atoms with Gasteiger partial charge in [0.1, 0.15) is 5.52 Å². The van der Waals surface area contributed by atoms with Gasteiger partial charge in [-0.3, -0.25) is 4.79 Å². The van der Waals surface area contributed by atoms with Gasteiger partial charge in [-0.15, -0.1) is 0 Å². The number of aliphatic hydroxyl groups excluding tert-OH is 1. The van der Waals surface area contributed by atoms with E-state index in [0.29, 0.717) is 36.3 Å². The van der Waals surface area contributed by atoms with E-state index in [2.05, 4.69) is 10.3 Å². The number of hydrogen-bond acceptors (Lipinski definition) is 6. The molecule has 0 saturated carbocycles. The van der Waals surface area contributed by atoms with E-state index in [9.17, 15) is 9.90 Å². The van der Waals surface area contributed by atoms with Crippen LogP contribution in [0.1, 0.15) is 12.8 Å². The van der Waals surface area contributed by atoms with Crippen molar-refractivity contribution in [2.75, 3.05) is 31.2 Å². The maximum absolute atomic E-state index is 12.4. The van der Waals surface area contributed by atoms with Crippen molar-refractivity contribution in [1.82, 2.24) is 10.3 Å². The number of carbonyl (C=O) groups is 1. The number of amides is 1. The Morgan fingerprint density at radius 2 is 2.12 bits per heavy atom. The van der Waals surface area contributed by atoms with E-state index in [1.54, 1.807) is 12.1 Å². The molecule has 0 spiro atoms. The maximum Gasteiger partial charge on any atom is 0.298 e. The number of anilines is 1. The maximum atomic E-state index is 12.4. The average Bonchev–Trinajstić information content (AvgIpc) is 3.21. The molecular weight excluding hydrogens is 346 g/mol. The van der Waals surface area contributed by atoms with E-state index in [4.69, 9.17) is 20.8 Å². The third-order valence-electron chi connectivity index (χ3n) is 4.85. The zero-order chi connectivity index (χ0) is 17.4. The first-order chi connectivity index (χ1) is 12.1. The molecule has 2 N–H and O–H groups in total. The quantitative estimate of drug-likeness (QED) is 0.858. The zero-order valence-electron chi connectivity index (χ0n) is 13.7. The molecule has 2 atom stereocenters. The van der Waals surface area contributed by atoms with Crippen LogP contribution in [0, 0.1) is 5.92 Å². The Morgan fingerprint density at radius 3 is 2.84 bits per heavy atom. The molecule has 2 aromatic rings. The normalized spacial score (nSPS) is 24.8. The molecule has 4 rings (SSSR count). The van der Waals surface area contributed by atoms with Crippen LogP contribution in [0.15, 0.2) is 22.6 Å². The molecule has 2 fully saturated rings. The van der Waals surface area contributed by atoms with Gasteiger partial charge in [0.2, 0.25) is 5.91 Å². The number of nitrogens with zero attached hydrogens (tertiary/aromatic N) is 2. The van der Waals surface area contributed by atoms with E-state index < -0.39 is 6.10 Å². The molecule has 134 valence electrons. The summed E-state index contributed by atoms with van der Waals surface area (Å²) in [6, 6.07) is 5.64. The van der Waals surface area contributed by atoms with Crippen LogP contribution in [0.5, 0.6) is 0 Å². The smallest absolute Gasteiger partial charge is 0.298 e. The van der Waals surface area contributed by atoms with Crippen molar-refractivity contribution >= 4 is 34.6 Å². The van der Waals surface area contributed by atoms with Crippen LogP contribution in [-0.4, -0.2) is 54.4 Å². The number of rotatable bonds is 3. The molecular formula is C17H20ClN3O4. The van der Waals surface area contributed by atoms with Gasteiger partial charge >= 0.3 is 0 Å². The van der Waals surface area contributed by atoms with Crippen LogP contribution in [0.2, 0.25) is 5.02 Å². The molecule has 7 nitrogen and oxygen atoms in total. The molecule has 2 aliphatic heterocycles. The molecule has 0 unspecified atom stereocenters. The Labute approximate surface area is 149 Å². The van der Waals surface area contributed by atoms with Crippen LogP contribution in [0.3, 0.4) is 0 Å². The Hall–Kier alpha value is -1.83. The minimum atomic E-state index is -0.615. The third kappa shape index (κ3) is 3.44. The van der Waals surface area contributed by atoms with Crippen molar-refractivity contribution in [3.63, 3.8) is 0 Å². The van der Waals surface area contributed by atoms with E-state index in [1.807, 2.05) is 11.0 Å². The number of carbonyl (C=O) groups excluding carboxylic acids is 1. The Bertz CT molecular complexity index is 772. The fourth-order valence-corrected chi connectivity index (χ4v) is 3.50. The number of oxazole rings is 1. The fraction of sp³-hybridized carbons (Fsp3) is 0.529. The summed E-state index contributed by atoms with van der Waals surface area (Å²) < 4.78 is 11.0. The Kier molecular flexibility index (Phi) is 4.54. The molecule has 0 bridgehead atoms. The second-order valence-electron chi connectivity index (χ2n) is 6.59. The highest BCUT2D eigenvalue weighted by molar-refractivity contribution is 6.31. The Balaban J connectivity index is 1.36. The molecule has 0 radical (unpaired) electrons. The van der Waals surface area contributed by atoms with Crippen LogP contribution in [-0.2, 0) is 9.53 Å². The number of aromatic nitrogens is 1. The van der Waals surface area contributed by atoms with Gasteiger partial charge in [-0.25, -0.2) is 0 Å². The second-order valence-corrected chi connectivity index (χ2v) is 7.03. The highest BCUT2D eigenvalue weighted by Gasteiger charge is 2.32. The van der Waals surface area contributed by atoms with Crippen molar-refractivity contribution in [2.45, 2.75) is 25.0 Å². The van der Waals surface area contributed by atoms with Gasteiger partial charge in [-0.05, 0) is 25.0 Å². The molecule has 3 heterocycles. The lowest BCUT2D eigenvalue weighted by molar-refractivity contribution is -0.126. The summed E-state index contributed by atoms with van der Waals surface area (Å²) in [5, 5.41) is 13.2. The monoisotopic (exact) mass is 365 g/mol. The van der Waals surface area contributed by atoms with E-state index in [0.717, 1.165) is 18.4 Å². The van der Waals surface area contributed by atoms with Gasteiger partial charge in [0.05, 0.1) is 25.4 Å².